The van der Waals surface area contributed by atoms with Crippen molar-refractivity contribution in [1.82, 2.24) is 5.32 Å². The first-order valence-corrected chi connectivity index (χ1v) is 7.77. The number of amides is 1. The van der Waals surface area contributed by atoms with Gasteiger partial charge in [-0.15, -0.1) is 0 Å². The number of carbonyl (C=O) groups is 1. The normalized spacial score (nSPS) is 10.0. The summed E-state index contributed by atoms with van der Waals surface area (Å²) in [7, 11) is 3.14. The van der Waals surface area contributed by atoms with E-state index in [9.17, 15) is 4.79 Å². The van der Waals surface area contributed by atoms with Crippen LogP contribution >= 0.6 is 12.2 Å². The van der Waals surface area contributed by atoms with Crippen molar-refractivity contribution in [3.05, 3.63) is 53.1 Å². The number of nitrogens with one attached hydrogen (secondary N) is 2. The highest BCUT2D eigenvalue weighted by atomic mass is 32.1. The molecule has 0 atom stereocenters. The van der Waals surface area contributed by atoms with Crippen LogP contribution in [0.3, 0.4) is 0 Å². The van der Waals surface area contributed by atoms with Crippen LogP contribution in [0.15, 0.2) is 36.4 Å². The lowest BCUT2D eigenvalue weighted by Crippen LogP contribution is -2.34. The second-order valence-corrected chi connectivity index (χ2v) is 5.70. The lowest BCUT2D eigenvalue weighted by molar-refractivity contribution is 0.0977. The van der Waals surface area contributed by atoms with E-state index in [-0.39, 0.29) is 11.0 Å². The van der Waals surface area contributed by atoms with Crippen LogP contribution < -0.4 is 20.1 Å². The van der Waals surface area contributed by atoms with Crippen LogP contribution in [-0.2, 0) is 0 Å². The van der Waals surface area contributed by atoms with Gasteiger partial charge in [-0.2, -0.15) is 0 Å². The first-order chi connectivity index (χ1) is 11.4. The summed E-state index contributed by atoms with van der Waals surface area (Å²) in [5.41, 5.74) is 3.20. The zero-order chi connectivity index (χ0) is 17.7. The number of hydrogen-bond donors (Lipinski definition) is 2. The zero-order valence-electron chi connectivity index (χ0n) is 14.1. The maximum absolute atomic E-state index is 12.4. The molecule has 24 heavy (non-hydrogen) atoms. The van der Waals surface area contributed by atoms with Crippen LogP contribution in [0.25, 0.3) is 0 Å². The summed E-state index contributed by atoms with van der Waals surface area (Å²) in [6.45, 7) is 3.87. The van der Waals surface area contributed by atoms with Crippen LogP contribution in [0.4, 0.5) is 5.69 Å². The molecular weight excluding hydrogens is 324 g/mol. The molecule has 0 heterocycles. The molecule has 0 radical (unpaired) electrons. The van der Waals surface area contributed by atoms with Gasteiger partial charge in [0.25, 0.3) is 5.91 Å². The summed E-state index contributed by atoms with van der Waals surface area (Å²) in [5, 5.41) is 5.83. The Balaban J connectivity index is 2.12. The topological polar surface area (TPSA) is 59.6 Å². The van der Waals surface area contributed by atoms with Crippen molar-refractivity contribution in [2.24, 2.45) is 0 Å². The predicted octanol–water partition coefficient (Wildman–Crippen LogP) is 3.45. The smallest absolute Gasteiger partial charge is 0.257 e. The fourth-order valence-corrected chi connectivity index (χ4v) is 2.51. The fourth-order valence-electron chi connectivity index (χ4n) is 2.30. The van der Waals surface area contributed by atoms with Crippen molar-refractivity contribution in [2.75, 3.05) is 19.5 Å². The molecule has 1 amide bonds. The lowest BCUT2D eigenvalue weighted by Gasteiger charge is -2.14. The Morgan fingerprint density at radius 2 is 1.79 bits per heavy atom. The molecule has 0 aliphatic heterocycles. The van der Waals surface area contributed by atoms with Gasteiger partial charge in [-0.1, -0.05) is 17.7 Å². The third-order valence-electron chi connectivity index (χ3n) is 3.51. The molecule has 0 bridgehead atoms. The highest BCUT2D eigenvalue weighted by Crippen LogP contribution is 2.28. The van der Waals surface area contributed by atoms with Crippen LogP contribution in [-0.4, -0.2) is 25.2 Å². The Morgan fingerprint density at radius 3 is 2.42 bits per heavy atom. The van der Waals surface area contributed by atoms with Gasteiger partial charge in [-0.3, -0.25) is 10.1 Å². The van der Waals surface area contributed by atoms with E-state index in [0.717, 1.165) is 11.1 Å². The number of anilines is 1. The van der Waals surface area contributed by atoms with Gasteiger partial charge in [-0.25, -0.2) is 0 Å². The Labute approximate surface area is 147 Å². The summed E-state index contributed by atoms with van der Waals surface area (Å²) in [6, 6.07) is 10.9. The second-order valence-electron chi connectivity index (χ2n) is 5.29. The largest absolute Gasteiger partial charge is 0.497 e. The van der Waals surface area contributed by atoms with E-state index in [0.29, 0.717) is 22.7 Å². The SMILES string of the molecule is COc1ccc(OC)c(NC(=S)NC(=O)c2ccc(C)cc2C)c1. The monoisotopic (exact) mass is 344 g/mol. The average Bonchev–Trinajstić information content (AvgIpc) is 2.54. The van der Waals surface area contributed by atoms with Crippen LogP contribution in [0.2, 0.25) is 0 Å². The minimum Gasteiger partial charge on any atom is -0.497 e. The van der Waals surface area contributed by atoms with Crippen molar-refractivity contribution in [3.63, 3.8) is 0 Å². The Bertz CT molecular complexity index is 775. The highest BCUT2D eigenvalue weighted by molar-refractivity contribution is 7.80. The average molecular weight is 344 g/mol. The molecule has 0 spiro atoms. The van der Waals surface area contributed by atoms with Crippen LogP contribution in [0, 0.1) is 13.8 Å². The predicted molar refractivity (Wildman–Crippen MR) is 99.1 cm³/mol. The molecular formula is C18H20N2O3S. The summed E-state index contributed by atoms with van der Waals surface area (Å²) in [6.07, 6.45) is 0. The van der Waals surface area contributed by atoms with Crippen molar-refractivity contribution < 1.29 is 14.3 Å². The van der Waals surface area contributed by atoms with E-state index in [4.69, 9.17) is 21.7 Å². The number of aryl methyl sites for hydroxylation is 2. The maximum Gasteiger partial charge on any atom is 0.257 e. The Morgan fingerprint density at radius 1 is 1.04 bits per heavy atom. The number of benzene rings is 2. The van der Waals surface area contributed by atoms with Gasteiger partial charge in [-0.05, 0) is 49.8 Å². The molecule has 2 aromatic carbocycles. The van der Waals surface area contributed by atoms with Gasteiger partial charge in [0.1, 0.15) is 11.5 Å². The number of methoxy groups -OCH3 is 2. The van der Waals surface area contributed by atoms with Gasteiger partial charge < -0.3 is 14.8 Å². The third-order valence-corrected chi connectivity index (χ3v) is 3.71. The maximum atomic E-state index is 12.4. The second kappa shape index (κ2) is 7.79. The van der Waals surface area contributed by atoms with E-state index in [2.05, 4.69) is 10.6 Å². The zero-order valence-corrected chi connectivity index (χ0v) is 14.9. The van der Waals surface area contributed by atoms with Gasteiger partial charge in [0, 0.05) is 11.6 Å². The molecule has 0 aliphatic rings. The molecule has 0 fully saturated rings. The minimum absolute atomic E-state index is 0.187. The molecule has 126 valence electrons. The van der Waals surface area contributed by atoms with Crippen molar-refractivity contribution in [2.45, 2.75) is 13.8 Å². The van der Waals surface area contributed by atoms with Gasteiger partial charge in [0.2, 0.25) is 0 Å². The number of ether oxygens (including phenoxy) is 2. The van der Waals surface area contributed by atoms with E-state index >= 15 is 0 Å². The first kappa shape index (κ1) is 17.7. The molecule has 0 saturated heterocycles. The van der Waals surface area contributed by atoms with Crippen molar-refractivity contribution >= 4 is 28.9 Å². The van der Waals surface area contributed by atoms with E-state index in [1.807, 2.05) is 26.0 Å². The molecule has 0 aliphatic carbocycles. The Hall–Kier alpha value is -2.60. The van der Waals surface area contributed by atoms with Gasteiger partial charge in [0.05, 0.1) is 19.9 Å². The fraction of sp³-hybridized carbons (Fsp3) is 0.222. The molecule has 0 saturated carbocycles. The lowest BCUT2D eigenvalue weighted by atomic mass is 10.1. The van der Waals surface area contributed by atoms with Crippen molar-refractivity contribution in [3.8, 4) is 11.5 Å². The highest BCUT2D eigenvalue weighted by Gasteiger charge is 2.12. The van der Waals surface area contributed by atoms with E-state index < -0.39 is 0 Å². The number of carbonyl (C=O) groups excluding carboxylic acids is 1. The third kappa shape index (κ3) is 4.23. The van der Waals surface area contributed by atoms with E-state index in [1.54, 1.807) is 38.5 Å². The summed E-state index contributed by atoms with van der Waals surface area (Å²) < 4.78 is 10.5. The minimum atomic E-state index is -0.258. The van der Waals surface area contributed by atoms with Gasteiger partial charge >= 0.3 is 0 Å². The quantitative estimate of drug-likeness (QED) is 0.832. The molecule has 2 aromatic rings. The molecule has 0 unspecified atom stereocenters. The Kier molecular flexibility index (Phi) is 5.76. The van der Waals surface area contributed by atoms with E-state index in [1.165, 1.54) is 0 Å². The molecule has 0 aromatic heterocycles. The van der Waals surface area contributed by atoms with Crippen LogP contribution in [0.5, 0.6) is 11.5 Å². The molecule has 2 rings (SSSR count). The molecule has 2 N–H and O–H groups in total. The van der Waals surface area contributed by atoms with Gasteiger partial charge in [0.15, 0.2) is 5.11 Å². The number of thiocarbonyl (C=S) groups is 1. The summed E-state index contributed by atoms with van der Waals surface area (Å²) in [4.78, 5) is 12.4. The molecule has 6 heteroatoms. The molecule has 5 nitrogen and oxygen atoms in total. The number of rotatable bonds is 4. The standard InChI is InChI=1S/C18H20N2O3S/c1-11-5-7-14(12(2)9-11)17(21)20-18(24)19-15-10-13(22-3)6-8-16(15)23-4/h5-10H,1-4H3,(H2,19,20,21,24). The van der Waals surface area contributed by atoms with Crippen LogP contribution in [0.1, 0.15) is 21.5 Å². The van der Waals surface area contributed by atoms with Crippen molar-refractivity contribution in [1.29, 1.82) is 0 Å². The first-order valence-electron chi connectivity index (χ1n) is 7.36. The summed E-state index contributed by atoms with van der Waals surface area (Å²) in [5.74, 6) is 0.993. The summed E-state index contributed by atoms with van der Waals surface area (Å²) >= 11 is 5.23. The number of hydrogen-bond acceptors (Lipinski definition) is 4.